The van der Waals surface area contributed by atoms with Gasteiger partial charge in [-0.15, -0.1) is 0 Å². The molecule has 0 radical (unpaired) electrons. The van der Waals surface area contributed by atoms with E-state index in [4.69, 9.17) is 5.11 Å². The quantitative estimate of drug-likeness (QED) is 0.676. The highest BCUT2D eigenvalue weighted by Gasteiger charge is 1.96. The molecule has 0 heterocycles. The van der Waals surface area contributed by atoms with E-state index in [1.165, 1.54) is 0 Å². The van der Waals surface area contributed by atoms with Gasteiger partial charge in [0.05, 0.1) is 0 Å². The number of hydrogen-bond acceptors (Lipinski definition) is 3. The van der Waals surface area contributed by atoms with E-state index < -0.39 is 5.97 Å². The highest BCUT2D eigenvalue weighted by Crippen LogP contribution is 2.07. The maximum atomic E-state index is 10.3. The molecule has 1 aromatic rings. The van der Waals surface area contributed by atoms with Crippen LogP contribution in [0.15, 0.2) is 24.3 Å². The third-order valence-electron chi connectivity index (χ3n) is 1.49. The lowest BCUT2D eigenvalue weighted by molar-refractivity contribution is -0.134. The van der Waals surface area contributed by atoms with Gasteiger partial charge in [0.25, 0.3) is 0 Å². The van der Waals surface area contributed by atoms with Gasteiger partial charge >= 0.3 is 5.97 Å². The number of carboxylic acids is 1. The molecule has 0 fully saturated rings. The number of carboxylic acid groups (broad SMARTS) is 1. The van der Waals surface area contributed by atoms with Crippen molar-refractivity contribution in [1.29, 1.82) is 0 Å². The number of carbonyl (C=O) groups excluding carboxylic acids is 1. The largest absolute Gasteiger partial charge is 0.480 e. The van der Waals surface area contributed by atoms with E-state index in [0.717, 1.165) is 6.29 Å². The number of anilines is 1. The molecule has 0 bridgehead atoms. The topological polar surface area (TPSA) is 66.4 Å². The summed E-state index contributed by atoms with van der Waals surface area (Å²) in [6.07, 6.45) is 0.737. The van der Waals surface area contributed by atoms with Crippen molar-refractivity contribution in [3.8, 4) is 0 Å². The fraction of sp³-hybridized carbons (Fsp3) is 0.111. The van der Waals surface area contributed by atoms with Crippen LogP contribution < -0.4 is 5.32 Å². The van der Waals surface area contributed by atoms with E-state index in [2.05, 4.69) is 5.32 Å². The molecule has 1 rings (SSSR count). The Bertz CT molecular complexity index is 305. The molecule has 0 atom stereocenters. The maximum Gasteiger partial charge on any atom is 0.322 e. The van der Waals surface area contributed by atoms with Crippen molar-refractivity contribution >= 4 is 17.9 Å². The molecule has 68 valence electrons. The summed E-state index contributed by atoms with van der Waals surface area (Å²) in [4.78, 5) is 20.4. The van der Waals surface area contributed by atoms with E-state index in [1.807, 2.05) is 0 Å². The Morgan fingerprint density at radius 3 is 2.46 bits per heavy atom. The first kappa shape index (κ1) is 9.25. The van der Waals surface area contributed by atoms with Gasteiger partial charge in [0.1, 0.15) is 12.8 Å². The van der Waals surface area contributed by atoms with Gasteiger partial charge in [0, 0.05) is 11.3 Å². The van der Waals surface area contributed by atoms with Gasteiger partial charge in [-0.1, -0.05) is 0 Å². The summed E-state index contributed by atoms with van der Waals surface area (Å²) in [6, 6.07) is 6.56. The Balaban J connectivity index is 2.59. The van der Waals surface area contributed by atoms with Gasteiger partial charge in [0.2, 0.25) is 0 Å². The zero-order valence-electron chi connectivity index (χ0n) is 6.86. The zero-order valence-corrected chi connectivity index (χ0v) is 6.86. The van der Waals surface area contributed by atoms with E-state index in [9.17, 15) is 9.59 Å². The summed E-state index contributed by atoms with van der Waals surface area (Å²) in [6.45, 7) is -0.125. The summed E-state index contributed by atoms with van der Waals surface area (Å²) in [5.41, 5.74) is 1.26. The van der Waals surface area contributed by atoms with E-state index in [-0.39, 0.29) is 6.54 Å². The summed E-state index contributed by atoms with van der Waals surface area (Å²) in [7, 11) is 0. The monoisotopic (exact) mass is 179 g/mol. The standard InChI is InChI=1S/C9H9NO3/c11-6-7-1-3-8(4-2-7)10-5-9(12)13/h1-4,6,10H,5H2,(H,12,13). The van der Waals surface area contributed by atoms with Crippen LogP contribution in [0.25, 0.3) is 0 Å². The Kier molecular flexibility index (Phi) is 3.03. The number of benzene rings is 1. The number of rotatable bonds is 4. The molecule has 13 heavy (non-hydrogen) atoms. The first-order chi connectivity index (χ1) is 6.22. The van der Waals surface area contributed by atoms with Crippen molar-refractivity contribution in [3.63, 3.8) is 0 Å². The van der Waals surface area contributed by atoms with Crippen LogP contribution in [-0.4, -0.2) is 23.9 Å². The van der Waals surface area contributed by atoms with Crippen molar-refractivity contribution in [2.24, 2.45) is 0 Å². The minimum Gasteiger partial charge on any atom is -0.480 e. The summed E-state index contributed by atoms with van der Waals surface area (Å²) in [5.74, 6) is -0.917. The van der Waals surface area contributed by atoms with Gasteiger partial charge in [-0.2, -0.15) is 0 Å². The average molecular weight is 179 g/mol. The normalized spacial score (nSPS) is 9.23. The molecule has 0 aliphatic heterocycles. The molecular weight excluding hydrogens is 170 g/mol. The average Bonchev–Trinajstić information content (AvgIpc) is 2.15. The van der Waals surface area contributed by atoms with Crippen molar-refractivity contribution < 1.29 is 14.7 Å². The van der Waals surface area contributed by atoms with Crippen LogP contribution in [0, 0.1) is 0 Å². The van der Waals surface area contributed by atoms with Crippen LogP contribution >= 0.6 is 0 Å². The second-order valence-electron chi connectivity index (χ2n) is 2.49. The van der Waals surface area contributed by atoms with Crippen molar-refractivity contribution in [1.82, 2.24) is 0 Å². The van der Waals surface area contributed by atoms with Gasteiger partial charge in [0.15, 0.2) is 0 Å². The number of nitrogens with one attached hydrogen (secondary N) is 1. The molecule has 0 saturated carbocycles. The molecule has 4 nitrogen and oxygen atoms in total. The van der Waals surface area contributed by atoms with E-state index in [0.29, 0.717) is 11.3 Å². The molecule has 0 unspecified atom stereocenters. The third-order valence-corrected chi connectivity index (χ3v) is 1.49. The molecule has 1 aromatic carbocycles. The van der Waals surface area contributed by atoms with Gasteiger partial charge in [-0.25, -0.2) is 0 Å². The Labute approximate surface area is 75.2 Å². The number of hydrogen-bond donors (Lipinski definition) is 2. The molecule has 0 amide bonds. The van der Waals surface area contributed by atoms with Gasteiger partial charge in [-0.05, 0) is 24.3 Å². The van der Waals surface area contributed by atoms with E-state index in [1.54, 1.807) is 24.3 Å². The summed E-state index contributed by atoms with van der Waals surface area (Å²) in [5, 5.41) is 11.0. The van der Waals surface area contributed by atoms with Crippen molar-refractivity contribution in [2.75, 3.05) is 11.9 Å². The minimum absolute atomic E-state index is 0.125. The summed E-state index contributed by atoms with van der Waals surface area (Å²) >= 11 is 0. The molecular formula is C9H9NO3. The molecule has 0 saturated heterocycles. The molecule has 0 aliphatic rings. The second kappa shape index (κ2) is 4.25. The number of aliphatic carboxylic acids is 1. The van der Waals surface area contributed by atoms with Crippen molar-refractivity contribution in [3.05, 3.63) is 29.8 Å². The molecule has 2 N–H and O–H groups in total. The van der Waals surface area contributed by atoms with Crippen molar-refractivity contribution in [2.45, 2.75) is 0 Å². The van der Waals surface area contributed by atoms with Crippen LogP contribution in [0.4, 0.5) is 5.69 Å². The second-order valence-corrected chi connectivity index (χ2v) is 2.49. The first-order valence-corrected chi connectivity index (χ1v) is 3.73. The summed E-state index contributed by atoms with van der Waals surface area (Å²) < 4.78 is 0. The van der Waals surface area contributed by atoms with Crippen LogP contribution in [0.5, 0.6) is 0 Å². The van der Waals surface area contributed by atoms with Crippen LogP contribution in [0.3, 0.4) is 0 Å². The lowest BCUT2D eigenvalue weighted by Crippen LogP contribution is -2.12. The fourth-order valence-electron chi connectivity index (χ4n) is 0.857. The maximum absolute atomic E-state index is 10.3. The Hall–Kier alpha value is -1.84. The zero-order chi connectivity index (χ0) is 9.68. The Morgan fingerprint density at radius 2 is 2.00 bits per heavy atom. The smallest absolute Gasteiger partial charge is 0.322 e. The predicted octanol–water partition coefficient (Wildman–Crippen LogP) is 0.996. The van der Waals surface area contributed by atoms with Gasteiger partial charge in [-0.3, -0.25) is 9.59 Å². The SMILES string of the molecule is O=Cc1ccc(NCC(=O)O)cc1. The Morgan fingerprint density at radius 1 is 1.38 bits per heavy atom. The third kappa shape index (κ3) is 2.94. The van der Waals surface area contributed by atoms with E-state index >= 15 is 0 Å². The van der Waals surface area contributed by atoms with Crippen LogP contribution in [0.1, 0.15) is 10.4 Å². The molecule has 0 aromatic heterocycles. The molecule has 0 aliphatic carbocycles. The number of aldehydes is 1. The highest BCUT2D eigenvalue weighted by molar-refractivity contribution is 5.76. The lowest BCUT2D eigenvalue weighted by Gasteiger charge is -2.01. The van der Waals surface area contributed by atoms with Gasteiger partial charge < -0.3 is 10.4 Å². The van der Waals surface area contributed by atoms with Crippen LogP contribution in [-0.2, 0) is 4.79 Å². The number of carbonyl (C=O) groups is 2. The predicted molar refractivity (Wildman–Crippen MR) is 48.0 cm³/mol. The lowest BCUT2D eigenvalue weighted by atomic mass is 10.2. The highest BCUT2D eigenvalue weighted by atomic mass is 16.4. The van der Waals surface area contributed by atoms with Crippen LogP contribution in [0.2, 0.25) is 0 Å². The molecule has 4 heteroatoms. The molecule has 0 spiro atoms. The fourth-order valence-corrected chi connectivity index (χ4v) is 0.857. The minimum atomic E-state index is -0.917. The first-order valence-electron chi connectivity index (χ1n) is 3.73.